The maximum atomic E-state index is 15.2. The van der Waals surface area contributed by atoms with Crippen molar-refractivity contribution in [3.05, 3.63) is 82.1 Å². The van der Waals surface area contributed by atoms with E-state index in [0.717, 1.165) is 49.8 Å². The zero-order valence-electron chi connectivity index (χ0n) is 37.4. The molecule has 0 saturated carbocycles. The summed E-state index contributed by atoms with van der Waals surface area (Å²) in [5, 5.41) is 3.78. The topological polar surface area (TPSA) is 122 Å². The number of nitrogens with zero attached hydrogens (tertiary/aromatic N) is 6. The molecule has 0 amide bonds. The van der Waals surface area contributed by atoms with Gasteiger partial charge < -0.3 is 34.2 Å². The van der Waals surface area contributed by atoms with Crippen LogP contribution in [0.3, 0.4) is 0 Å². The first-order chi connectivity index (χ1) is 30.2. The molecule has 0 bridgehead atoms. The van der Waals surface area contributed by atoms with E-state index in [9.17, 15) is 22.8 Å². The molecule has 0 aliphatic carbocycles. The second-order valence-corrected chi connectivity index (χ2v) is 18.7. The number of hydrogen-bond acceptors (Lipinski definition) is 12. The summed E-state index contributed by atoms with van der Waals surface area (Å²) in [6.45, 7) is 18.4. The molecule has 8 rings (SSSR count). The van der Waals surface area contributed by atoms with Crippen molar-refractivity contribution in [2.45, 2.75) is 104 Å². The molecule has 0 unspecified atom stereocenters. The highest BCUT2D eigenvalue weighted by Crippen LogP contribution is 2.40. The van der Waals surface area contributed by atoms with Crippen molar-refractivity contribution in [2.24, 2.45) is 0 Å². The molecule has 6 heterocycles. The predicted molar refractivity (Wildman–Crippen MR) is 241 cm³/mol. The number of anilines is 5. The molecule has 17 heteroatoms. The van der Waals surface area contributed by atoms with Gasteiger partial charge in [0.25, 0.3) is 0 Å². The maximum absolute atomic E-state index is 15.2. The Morgan fingerprint density at radius 1 is 0.719 bits per heavy atom. The Kier molecular flexibility index (Phi) is 13.5. The molecule has 12 nitrogen and oxygen atoms in total. The highest BCUT2D eigenvalue weighted by atomic mass is 35.5. The Bertz CT molecular complexity index is 2580. The molecule has 0 spiro atoms. The van der Waals surface area contributed by atoms with Gasteiger partial charge in [-0.25, -0.2) is 37.1 Å². The van der Waals surface area contributed by atoms with E-state index in [1.165, 1.54) is 6.07 Å². The van der Waals surface area contributed by atoms with Gasteiger partial charge in [-0.2, -0.15) is 0 Å². The lowest BCUT2D eigenvalue weighted by Gasteiger charge is -2.30. The number of pyridine rings is 3. The molecular formula is C47H54ClF4N7O5. The number of esters is 2. The molecule has 2 aromatic carbocycles. The Morgan fingerprint density at radius 2 is 1.22 bits per heavy atom. The summed E-state index contributed by atoms with van der Waals surface area (Å²) in [5.74, 6) is -2.62. The number of halogens is 5. The van der Waals surface area contributed by atoms with Gasteiger partial charge in [-0.3, -0.25) is 4.98 Å². The summed E-state index contributed by atoms with van der Waals surface area (Å²) in [5.41, 5.74) is 2.31. The van der Waals surface area contributed by atoms with Gasteiger partial charge in [0.15, 0.2) is 0 Å². The summed E-state index contributed by atoms with van der Waals surface area (Å²) in [6, 6.07) is 4.93. The molecule has 5 aromatic rings. The van der Waals surface area contributed by atoms with E-state index >= 15 is 4.39 Å². The summed E-state index contributed by atoms with van der Waals surface area (Å²) < 4.78 is 73.9. The standard InChI is InChI=1S/C28H33F2N5O3.C19H21ClF2N2O2/c1-17-25(32-19-14-20(16-31-15-19)34-8-10-37-11-9-34)24-21(30)12-18(29)13-22(24)33-26(17)35-7-5-6-23(35)27(36)38-28(2,3)4;1-10-16(20)15-12(22)8-11(21)9-13(15)23-17(10)24-7-5-6-14(24)18(25)26-19(2,3)4/h12-16,23H,5-11H2,1-4H3,(H,32,33);8-9,14H,5-7H2,1-4H3/t23-;14-/m00/s1. The molecule has 3 aliphatic heterocycles. The monoisotopic (exact) mass is 907 g/mol. The number of morpholine rings is 1. The maximum Gasteiger partial charge on any atom is 0.329 e. The molecule has 342 valence electrons. The lowest BCUT2D eigenvalue weighted by atomic mass is 10.1. The minimum atomic E-state index is -0.753. The number of hydrogen-bond donors (Lipinski definition) is 1. The molecule has 3 aliphatic rings. The average Bonchev–Trinajstić information content (AvgIpc) is 3.91. The lowest BCUT2D eigenvalue weighted by molar-refractivity contribution is -0.157. The van der Waals surface area contributed by atoms with Crippen molar-refractivity contribution < 1.29 is 41.4 Å². The van der Waals surface area contributed by atoms with Gasteiger partial charge in [-0.05, 0) is 87.1 Å². The molecule has 2 atom stereocenters. The van der Waals surface area contributed by atoms with Gasteiger partial charge in [-0.1, -0.05) is 11.6 Å². The van der Waals surface area contributed by atoms with Crippen molar-refractivity contribution in [1.82, 2.24) is 15.0 Å². The van der Waals surface area contributed by atoms with Crippen LogP contribution in [0.25, 0.3) is 21.8 Å². The van der Waals surface area contributed by atoms with E-state index in [4.69, 9.17) is 25.8 Å². The Labute approximate surface area is 375 Å². The average molecular weight is 908 g/mol. The van der Waals surface area contributed by atoms with E-state index in [-0.39, 0.29) is 38.8 Å². The molecule has 64 heavy (non-hydrogen) atoms. The van der Waals surface area contributed by atoms with E-state index in [0.29, 0.717) is 73.3 Å². The van der Waals surface area contributed by atoms with E-state index in [2.05, 4.69) is 25.2 Å². The van der Waals surface area contributed by atoms with Crippen LogP contribution in [-0.4, -0.2) is 89.6 Å². The number of carbonyl (C=O) groups is 2. The molecular weight excluding hydrogens is 854 g/mol. The summed E-state index contributed by atoms with van der Waals surface area (Å²) in [6.07, 6.45) is 6.25. The molecule has 3 fully saturated rings. The van der Waals surface area contributed by atoms with E-state index in [1.54, 1.807) is 19.3 Å². The zero-order chi connectivity index (χ0) is 46.2. The second-order valence-electron chi connectivity index (χ2n) is 18.3. The first-order valence-electron chi connectivity index (χ1n) is 21.5. The highest BCUT2D eigenvalue weighted by Gasteiger charge is 2.38. The Hall–Kier alpha value is -5.48. The van der Waals surface area contributed by atoms with Crippen LogP contribution in [-0.2, 0) is 23.8 Å². The molecule has 3 aromatic heterocycles. The quantitative estimate of drug-likeness (QED) is 0.124. The summed E-state index contributed by atoms with van der Waals surface area (Å²) >= 11 is 6.36. The van der Waals surface area contributed by atoms with E-state index < -0.39 is 46.6 Å². The number of aromatic nitrogens is 3. The smallest absolute Gasteiger partial charge is 0.329 e. The Morgan fingerprint density at radius 3 is 1.75 bits per heavy atom. The largest absolute Gasteiger partial charge is 0.458 e. The fourth-order valence-electron chi connectivity index (χ4n) is 8.36. The second kappa shape index (κ2) is 18.6. The van der Waals surface area contributed by atoms with Gasteiger partial charge in [0, 0.05) is 61.6 Å². The SMILES string of the molecule is Cc1c(N2CCC[C@H]2C(=O)OC(C)(C)C)nc2cc(F)cc(F)c2c1Cl.Cc1c(N2CCC[C@H]2C(=O)OC(C)(C)C)nc2cc(F)cc(F)c2c1Nc1cncc(N2CCOCC2)c1. The third-order valence-electron chi connectivity index (χ3n) is 11.1. The van der Waals surface area contributed by atoms with Crippen molar-refractivity contribution in [1.29, 1.82) is 0 Å². The predicted octanol–water partition coefficient (Wildman–Crippen LogP) is 9.89. The van der Waals surface area contributed by atoms with Gasteiger partial charge >= 0.3 is 11.9 Å². The molecule has 1 N–H and O–H groups in total. The third-order valence-corrected chi connectivity index (χ3v) is 11.6. The number of rotatable bonds is 7. The van der Waals surface area contributed by atoms with Crippen LogP contribution in [0.2, 0.25) is 5.02 Å². The first kappa shape index (κ1) is 46.5. The zero-order valence-corrected chi connectivity index (χ0v) is 38.1. The fraction of sp³-hybridized carbons (Fsp3) is 0.468. The van der Waals surface area contributed by atoms with Gasteiger partial charge in [-0.15, -0.1) is 0 Å². The van der Waals surface area contributed by atoms with Crippen LogP contribution >= 0.6 is 11.6 Å². The van der Waals surface area contributed by atoms with Crippen molar-refractivity contribution in [3.8, 4) is 0 Å². The lowest BCUT2D eigenvalue weighted by Crippen LogP contribution is -2.41. The summed E-state index contributed by atoms with van der Waals surface area (Å²) in [7, 11) is 0. The normalized spacial score (nSPS) is 18.0. The van der Waals surface area contributed by atoms with Crippen LogP contribution < -0.4 is 20.0 Å². The van der Waals surface area contributed by atoms with Crippen molar-refractivity contribution in [3.63, 3.8) is 0 Å². The Balaban J connectivity index is 0.000000206. The van der Waals surface area contributed by atoms with Gasteiger partial charge in [0.05, 0.1) is 69.5 Å². The number of benzene rings is 2. The number of ether oxygens (including phenoxy) is 3. The highest BCUT2D eigenvalue weighted by molar-refractivity contribution is 6.36. The van der Waals surface area contributed by atoms with Crippen LogP contribution in [0.5, 0.6) is 0 Å². The van der Waals surface area contributed by atoms with Crippen LogP contribution in [0.15, 0.2) is 42.7 Å². The van der Waals surface area contributed by atoms with E-state index in [1.807, 2.05) is 64.3 Å². The molecule has 0 radical (unpaired) electrons. The minimum Gasteiger partial charge on any atom is -0.458 e. The number of fused-ring (bicyclic) bond motifs is 2. The van der Waals surface area contributed by atoms with Gasteiger partial charge in [0.2, 0.25) is 0 Å². The number of carbonyl (C=O) groups excluding carboxylic acids is 2. The van der Waals surface area contributed by atoms with Crippen LogP contribution in [0.4, 0.5) is 46.3 Å². The van der Waals surface area contributed by atoms with Crippen LogP contribution in [0, 0.1) is 37.1 Å². The summed E-state index contributed by atoms with van der Waals surface area (Å²) in [4.78, 5) is 45.0. The number of nitrogens with one attached hydrogen (secondary N) is 1. The first-order valence-corrected chi connectivity index (χ1v) is 21.8. The fourth-order valence-corrected chi connectivity index (χ4v) is 8.63. The van der Waals surface area contributed by atoms with Crippen molar-refractivity contribution >= 4 is 74.0 Å². The van der Waals surface area contributed by atoms with Crippen LogP contribution in [0.1, 0.15) is 78.4 Å². The minimum absolute atomic E-state index is 0.0855. The van der Waals surface area contributed by atoms with Crippen molar-refractivity contribution in [2.75, 3.05) is 59.4 Å². The molecule has 3 saturated heterocycles. The third kappa shape index (κ3) is 10.2. The van der Waals surface area contributed by atoms with Gasteiger partial charge in [0.1, 0.15) is 58.2 Å².